The van der Waals surface area contributed by atoms with Crippen LogP contribution in [0.2, 0.25) is 0 Å². The van der Waals surface area contributed by atoms with Gasteiger partial charge in [0.1, 0.15) is 5.75 Å². The van der Waals surface area contributed by atoms with E-state index in [1.807, 2.05) is 13.8 Å². The molecule has 0 fully saturated rings. The van der Waals surface area contributed by atoms with Crippen molar-refractivity contribution in [2.75, 3.05) is 4.90 Å². The average molecular weight is 325 g/mol. The Hall–Kier alpha value is -2.66. The van der Waals surface area contributed by atoms with Crippen molar-refractivity contribution >= 4 is 17.4 Å². The van der Waals surface area contributed by atoms with Crippen molar-refractivity contribution in [1.82, 2.24) is 0 Å². The Bertz CT molecular complexity index is 815. The molecule has 0 spiro atoms. The summed E-state index contributed by atoms with van der Waals surface area (Å²) in [5.41, 5.74) is -0.781. The van der Waals surface area contributed by atoms with E-state index in [1.165, 1.54) is 17.0 Å². The van der Waals surface area contributed by atoms with Crippen molar-refractivity contribution in [3.8, 4) is 5.75 Å². The molecule has 0 aromatic heterocycles. The van der Waals surface area contributed by atoms with Gasteiger partial charge in [-0.2, -0.15) is 0 Å². The maximum absolute atomic E-state index is 12.8. The SMILES string of the molecule is CC(C)N1C(=O)[C@@](O)(CC(=O)c2ccccc2O)c2ccccc21. The molecule has 5 heteroatoms. The highest BCUT2D eigenvalue weighted by Gasteiger charge is 2.51. The second-order valence-electron chi connectivity index (χ2n) is 6.26. The highest BCUT2D eigenvalue weighted by molar-refractivity contribution is 6.11. The molecule has 0 aliphatic carbocycles. The van der Waals surface area contributed by atoms with Gasteiger partial charge in [-0.3, -0.25) is 9.59 Å². The number of amides is 1. The first-order valence-electron chi connectivity index (χ1n) is 7.83. The molecule has 1 amide bonds. The number of Topliss-reactive ketones (excluding diaryl/α,β-unsaturated/α-hetero) is 1. The predicted octanol–water partition coefficient (Wildman–Crippen LogP) is 2.61. The van der Waals surface area contributed by atoms with Crippen LogP contribution in [-0.2, 0) is 10.4 Å². The van der Waals surface area contributed by atoms with Gasteiger partial charge in [-0.25, -0.2) is 0 Å². The number of carbonyl (C=O) groups is 2. The number of ketones is 1. The highest BCUT2D eigenvalue weighted by atomic mass is 16.3. The Morgan fingerprint density at radius 1 is 1.12 bits per heavy atom. The Balaban J connectivity index is 2.02. The molecule has 0 bridgehead atoms. The third-order valence-electron chi connectivity index (χ3n) is 4.32. The van der Waals surface area contributed by atoms with Crippen molar-refractivity contribution < 1.29 is 19.8 Å². The molecule has 2 N–H and O–H groups in total. The van der Waals surface area contributed by atoms with E-state index in [2.05, 4.69) is 0 Å². The molecule has 1 heterocycles. The summed E-state index contributed by atoms with van der Waals surface area (Å²) in [6.45, 7) is 3.70. The van der Waals surface area contributed by atoms with Gasteiger partial charge in [0.05, 0.1) is 17.7 Å². The normalized spacial score (nSPS) is 19.7. The number of hydrogen-bond donors (Lipinski definition) is 2. The molecule has 1 aliphatic heterocycles. The van der Waals surface area contributed by atoms with E-state index in [4.69, 9.17) is 0 Å². The lowest BCUT2D eigenvalue weighted by atomic mass is 9.88. The number of aromatic hydroxyl groups is 1. The number of nitrogens with zero attached hydrogens (tertiary/aromatic N) is 1. The summed E-state index contributed by atoms with van der Waals surface area (Å²) in [6, 6.07) is 12.9. The summed E-state index contributed by atoms with van der Waals surface area (Å²) in [7, 11) is 0. The quantitative estimate of drug-likeness (QED) is 0.847. The Kier molecular flexibility index (Phi) is 3.89. The number of carbonyl (C=O) groups excluding carboxylic acids is 2. The van der Waals surface area contributed by atoms with Crippen LogP contribution >= 0.6 is 0 Å². The van der Waals surface area contributed by atoms with Gasteiger partial charge >= 0.3 is 0 Å². The molecule has 5 nitrogen and oxygen atoms in total. The number of benzene rings is 2. The first kappa shape index (κ1) is 16.2. The number of fused-ring (bicyclic) bond motifs is 1. The van der Waals surface area contributed by atoms with Crippen molar-refractivity contribution in [2.24, 2.45) is 0 Å². The third-order valence-corrected chi connectivity index (χ3v) is 4.32. The number of hydrogen-bond acceptors (Lipinski definition) is 4. The lowest BCUT2D eigenvalue weighted by molar-refractivity contribution is -0.136. The van der Waals surface area contributed by atoms with Gasteiger partial charge in [-0.05, 0) is 32.0 Å². The van der Waals surface area contributed by atoms with Crippen LogP contribution in [0.3, 0.4) is 0 Å². The second kappa shape index (κ2) is 5.76. The van der Waals surface area contributed by atoms with E-state index >= 15 is 0 Å². The Morgan fingerprint density at radius 3 is 2.42 bits per heavy atom. The molecular formula is C19H19NO4. The minimum absolute atomic E-state index is 0.0965. The second-order valence-corrected chi connectivity index (χ2v) is 6.26. The van der Waals surface area contributed by atoms with Crippen molar-refractivity contribution in [1.29, 1.82) is 0 Å². The van der Waals surface area contributed by atoms with Gasteiger partial charge in [0, 0.05) is 11.6 Å². The van der Waals surface area contributed by atoms with Gasteiger partial charge in [0.15, 0.2) is 11.4 Å². The lowest BCUT2D eigenvalue weighted by Gasteiger charge is -2.25. The van der Waals surface area contributed by atoms with Crippen LogP contribution in [0.25, 0.3) is 0 Å². The molecular weight excluding hydrogens is 306 g/mol. The summed E-state index contributed by atoms with van der Waals surface area (Å²) in [4.78, 5) is 26.9. The van der Waals surface area contributed by atoms with E-state index < -0.39 is 23.7 Å². The van der Waals surface area contributed by atoms with Crippen LogP contribution in [-0.4, -0.2) is 27.9 Å². The van der Waals surface area contributed by atoms with Crippen LogP contribution in [0.1, 0.15) is 36.2 Å². The zero-order valence-electron chi connectivity index (χ0n) is 13.6. The molecule has 1 atom stereocenters. The fourth-order valence-corrected chi connectivity index (χ4v) is 3.18. The summed E-state index contributed by atoms with van der Waals surface area (Å²) in [5, 5.41) is 20.9. The highest BCUT2D eigenvalue weighted by Crippen LogP contribution is 2.44. The average Bonchev–Trinajstić information content (AvgIpc) is 2.76. The molecule has 24 heavy (non-hydrogen) atoms. The van der Waals surface area contributed by atoms with Crippen LogP contribution in [0, 0.1) is 0 Å². The summed E-state index contributed by atoms with van der Waals surface area (Å²) in [5.74, 6) is -1.16. The molecule has 0 saturated heterocycles. The molecule has 2 aromatic carbocycles. The van der Waals surface area contributed by atoms with Crippen molar-refractivity contribution in [3.05, 3.63) is 59.7 Å². The number of phenols is 1. The van der Waals surface area contributed by atoms with Gasteiger partial charge < -0.3 is 15.1 Å². The summed E-state index contributed by atoms with van der Waals surface area (Å²) in [6.07, 6.45) is -0.413. The number of phenolic OH excluding ortho intramolecular Hbond substituents is 1. The largest absolute Gasteiger partial charge is 0.507 e. The molecule has 124 valence electrons. The standard InChI is InChI=1S/C19H19NO4/c1-12(2)20-15-9-5-4-8-14(15)19(24,18(20)23)11-17(22)13-7-3-6-10-16(13)21/h3-10,12,21,24H,11H2,1-2H3/t19-/m1/s1. The lowest BCUT2D eigenvalue weighted by Crippen LogP contribution is -2.44. The van der Waals surface area contributed by atoms with Crippen LogP contribution in [0.15, 0.2) is 48.5 Å². The van der Waals surface area contributed by atoms with Gasteiger partial charge in [0.2, 0.25) is 0 Å². The van der Waals surface area contributed by atoms with E-state index in [1.54, 1.807) is 36.4 Å². The number of rotatable bonds is 4. The first-order valence-corrected chi connectivity index (χ1v) is 7.83. The number of aliphatic hydroxyl groups is 1. The van der Waals surface area contributed by atoms with E-state index in [-0.39, 0.29) is 17.4 Å². The van der Waals surface area contributed by atoms with E-state index in [9.17, 15) is 19.8 Å². The van der Waals surface area contributed by atoms with Crippen molar-refractivity contribution in [2.45, 2.75) is 31.9 Å². The predicted molar refractivity (Wildman–Crippen MR) is 90.0 cm³/mol. The van der Waals surface area contributed by atoms with Gasteiger partial charge in [0.25, 0.3) is 5.91 Å². The molecule has 2 aromatic rings. The van der Waals surface area contributed by atoms with Crippen molar-refractivity contribution in [3.63, 3.8) is 0 Å². The third kappa shape index (κ3) is 2.37. The van der Waals surface area contributed by atoms with Crippen LogP contribution in [0.4, 0.5) is 5.69 Å². The van der Waals surface area contributed by atoms with E-state index in [0.717, 1.165) is 0 Å². The Labute approximate surface area is 140 Å². The van der Waals surface area contributed by atoms with Gasteiger partial charge in [-0.1, -0.05) is 30.3 Å². The first-order chi connectivity index (χ1) is 11.4. The fourth-order valence-electron chi connectivity index (χ4n) is 3.18. The Morgan fingerprint density at radius 2 is 1.75 bits per heavy atom. The minimum atomic E-state index is -1.92. The monoisotopic (exact) mass is 325 g/mol. The maximum atomic E-state index is 12.8. The maximum Gasteiger partial charge on any atom is 0.264 e. The van der Waals surface area contributed by atoms with Gasteiger partial charge in [-0.15, -0.1) is 0 Å². The fraction of sp³-hybridized carbons (Fsp3) is 0.263. The van der Waals surface area contributed by atoms with E-state index in [0.29, 0.717) is 11.3 Å². The number of anilines is 1. The van der Waals surface area contributed by atoms with Crippen LogP contribution < -0.4 is 4.90 Å². The van der Waals surface area contributed by atoms with Crippen LogP contribution in [0.5, 0.6) is 5.75 Å². The zero-order valence-corrected chi connectivity index (χ0v) is 13.6. The molecule has 0 unspecified atom stereocenters. The molecule has 1 aliphatic rings. The molecule has 0 radical (unpaired) electrons. The molecule has 3 rings (SSSR count). The molecule has 0 saturated carbocycles. The summed E-state index contributed by atoms with van der Waals surface area (Å²) >= 11 is 0. The zero-order chi connectivity index (χ0) is 17.5. The smallest absolute Gasteiger partial charge is 0.264 e. The number of para-hydroxylation sites is 2. The minimum Gasteiger partial charge on any atom is -0.507 e. The topological polar surface area (TPSA) is 77.8 Å². The summed E-state index contributed by atoms with van der Waals surface area (Å²) < 4.78 is 0.